The minimum absolute atomic E-state index is 0.0749. The second-order valence-corrected chi connectivity index (χ2v) is 14.3. The van der Waals surface area contributed by atoms with Crippen LogP contribution < -0.4 is 5.32 Å². The number of nitrogens with zero attached hydrogens (tertiary/aromatic N) is 1. The summed E-state index contributed by atoms with van der Waals surface area (Å²) in [5, 5.41) is 3.47. The molecule has 1 spiro atoms. The molecule has 0 radical (unpaired) electrons. The largest absolute Gasteiger partial charge is 0.454 e. The van der Waals surface area contributed by atoms with Crippen LogP contribution in [0.3, 0.4) is 0 Å². The standard InChI is InChI=1S/C37H33Cl2FN2O3/c1-36(2,3)20-28-37(25-18-17-23(38)19-27(25)41-35(37)44)29(24-15-10-16-26(39)30(24)40)32-34(43)45-33(22-13-8-5-9-14-22)31(42(28)32)21-11-6-4-7-12-21/h4-19,28-29,31-33H,20H2,1-3H3,(H,41,44)/t28-,29+,31-,32-,33?,37+/m1/s1. The summed E-state index contributed by atoms with van der Waals surface area (Å²) >= 11 is 12.8. The number of esters is 1. The second-order valence-electron chi connectivity index (χ2n) is 13.4. The van der Waals surface area contributed by atoms with Crippen LogP contribution in [-0.2, 0) is 19.7 Å². The van der Waals surface area contributed by atoms with Crippen molar-refractivity contribution in [3.8, 4) is 0 Å². The molecule has 3 aliphatic rings. The Balaban J connectivity index is 1.58. The number of anilines is 1. The van der Waals surface area contributed by atoms with Gasteiger partial charge in [0.1, 0.15) is 23.4 Å². The average molecular weight is 644 g/mol. The summed E-state index contributed by atoms with van der Waals surface area (Å²) in [7, 11) is 0. The number of fused-ring (bicyclic) bond motifs is 3. The molecule has 4 aromatic rings. The van der Waals surface area contributed by atoms with Crippen molar-refractivity contribution in [3.63, 3.8) is 0 Å². The lowest BCUT2D eigenvalue weighted by Crippen LogP contribution is -2.54. The molecule has 0 aliphatic carbocycles. The summed E-state index contributed by atoms with van der Waals surface area (Å²) in [6.45, 7) is 6.35. The zero-order valence-electron chi connectivity index (χ0n) is 25.1. The number of amides is 1. The number of benzene rings is 4. The Labute approximate surface area is 272 Å². The Morgan fingerprint density at radius 1 is 0.867 bits per heavy atom. The number of hydrogen-bond acceptors (Lipinski definition) is 4. The van der Waals surface area contributed by atoms with E-state index in [1.165, 1.54) is 6.07 Å². The maximum Gasteiger partial charge on any atom is 0.324 e. The van der Waals surface area contributed by atoms with E-state index in [1.54, 1.807) is 24.3 Å². The van der Waals surface area contributed by atoms with E-state index in [0.29, 0.717) is 22.7 Å². The first kappa shape index (κ1) is 30.0. The quantitative estimate of drug-likeness (QED) is 0.226. The minimum Gasteiger partial charge on any atom is -0.454 e. The van der Waals surface area contributed by atoms with E-state index in [9.17, 15) is 9.59 Å². The molecule has 0 aromatic heterocycles. The fourth-order valence-electron chi connectivity index (χ4n) is 7.98. The van der Waals surface area contributed by atoms with Gasteiger partial charge in [-0.3, -0.25) is 14.5 Å². The molecule has 1 N–H and O–H groups in total. The molecule has 4 aromatic carbocycles. The lowest BCUT2D eigenvalue weighted by molar-refractivity contribution is -0.176. The SMILES string of the molecule is CC(C)(C)C[C@H]1N2[C@H](c3ccccc3)C(c3ccccc3)OC(=O)[C@H]2[C@H](c2cccc(Cl)c2F)[C@@]12C(=O)Nc1cc(Cl)ccc12. The third-order valence-electron chi connectivity index (χ3n) is 9.55. The first-order chi connectivity index (χ1) is 21.5. The van der Waals surface area contributed by atoms with Gasteiger partial charge in [-0.2, -0.15) is 0 Å². The maximum absolute atomic E-state index is 16.3. The van der Waals surface area contributed by atoms with Crippen LogP contribution in [0.15, 0.2) is 97.1 Å². The summed E-state index contributed by atoms with van der Waals surface area (Å²) < 4.78 is 22.7. The van der Waals surface area contributed by atoms with Gasteiger partial charge in [0.05, 0.1) is 11.1 Å². The van der Waals surface area contributed by atoms with Crippen LogP contribution in [0.2, 0.25) is 10.0 Å². The highest BCUT2D eigenvalue weighted by Gasteiger charge is 2.72. The topological polar surface area (TPSA) is 58.6 Å². The van der Waals surface area contributed by atoms with Crippen molar-refractivity contribution in [2.45, 2.75) is 62.8 Å². The molecule has 1 unspecified atom stereocenters. The normalized spacial score (nSPS) is 27.6. The molecule has 2 saturated heterocycles. The first-order valence-electron chi connectivity index (χ1n) is 15.2. The highest BCUT2D eigenvalue weighted by Crippen LogP contribution is 2.64. The van der Waals surface area contributed by atoms with Crippen molar-refractivity contribution in [3.05, 3.63) is 135 Å². The Kier molecular flexibility index (Phi) is 7.31. The molecular formula is C37H33Cl2FN2O3. The number of carbonyl (C=O) groups excluding carboxylic acids is 2. The van der Waals surface area contributed by atoms with Crippen LogP contribution in [0.5, 0.6) is 0 Å². The first-order valence-corrected chi connectivity index (χ1v) is 15.9. The predicted octanol–water partition coefficient (Wildman–Crippen LogP) is 8.63. The number of cyclic esters (lactones) is 1. The zero-order chi connectivity index (χ0) is 31.7. The number of morpholine rings is 1. The molecule has 3 aliphatic heterocycles. The van der Waals surface area contributed by atoms with Gasteiger partial charge in [0.15, 0.2) is 0 Å². The van der Waals surface area contributed by atoms with Gasteiger partial charge in [0.25, 0.3) is 0 Å². The molecule has 45 heavy (non-hydrogen) atoms. The Bertz CT molecular complexity index is 1790. The van der Waals surface area contributed by atoms with E-state index in [1.807, 2.05) is 66.7 Å². The highest BCUT2D eigenvalue weighted by molar-refractivity contribution is 6.31. The van der Waals surface area contributed by atoms with Crippen molar-refractivity contribution >= 4 is 40.8 Å². The number of rotatable bonds is 4. The third kappa shape index (κ3) is 4.68. The van der Waals surface area contributed by atoms with Gasteiger partial charge in [0, 0.05) is 22.7 Å². The van der Waals surface area contributed by atoms with Crippen molar-refractivity contribution in [1.82, 2.24) is 4.90 Å². The molecule has 2 fully saturated rings. The molecule has 5 nitrogen and oxygen atoms in total. The van der Waals surface area contributed by atoms with Crippen LogP contribution in [0.1, 0.15) is 67.5 Å². The van der Waals surface area contributed by atoms with Crippen LogP contribution in [0.4, 0.5) is 10.1 Å². The molecule has 3 heterocycles. The van der Waals surface area contributed by atoms with Crippen LogP contribution >= 0.6 is 23.2 Å². The second kappa shape index (κ2) is 11.0. The van der Waals surface area contributed by atoms with E-state index in [0.717, 1.165) is 11.1 Å². The Hall–Kier alpha value is -3.71. The molecule has 0 saturated carbocycles. The summed E-state index contributed by atoms with van der Waals surface area (Å²) in [4.78, 5) is 31.5. The van der Waals surface area contributed by atoms with Crippen molar-refractivity contribution in [1.29, 1.82) is 0 Å². The van der Waals surface area contributed by atoms with Gasteiger partial charge in [0.2, 0.25) is 5.91 Å². The molecule has 0 bridgehead atoms. The van der Waals surface area contributed by atoms with Crippen molar-refractivity contribution in [2.24, 2.45) is 5.41 Å². The summed E-state index contributed by atoms with van der Waals surface area (Å²) in [6, 6.07) is 27.7. The fraction of sp³-hybridized carbons (Fsp3) is 0.297. The summed E-state index contributed by atoms with van der Waals surface area (Å²) in [5.41, 5.74) is 1.55. The summed E-state index contributed by atoms with van der Waals surface area (Å²) in [5.74, 6) is -2.42. The third-order valence-corrected chi connectivity index (χ3v) is 10.1. The molecule has 1 amide bonds. The van der Waals surface area contributed by atoms with Crippen molar-refractivity contribution < 1.29 is 18.7 Å². The molecular weight excluding hydrogens is 610 g/mol. The zero-order valence-corrected chi connectivity index (χ0v) is 26.6. The van der Waals surface area contributed by atoms with Gasteiger partial charge < -0.3 is 10.1 Å². The highest BCUT2D eigenvalue weighted by atomic mass is 35.5. The number of halogens is 3. The van der Waals surface area contributed by atoms with Crippen LogP contribution in [0.25, 0.3) is 0 Å². The van der Waals surface area contributed by atoms with E-state index in [4.69, 9.17) is 27.9 Å². The maximum atomic E-state index is 16.3. The molecule has 230 valence electrons. The van der Waals surface area contributed by atoms with Crippen molar-refractivity contribution in [2.75, 3.05) is 5.32 Å². The molecule has 6 atom stereocenters. The van der Waals surface area contributed by atoms with E-state index in [-0.39, 0.29) is 21.9 Å². The average Bonchev–Trinajstić information content (AvgIpc) is 3.46. The summed E-state index contributed by atoms with van der Waals surface area (Å²) in [6.07, 6.45) is -0.149. The van der Waals surface area contributed by atoms with Crippen LogP contribution in [-0.4, -0.2) is 28.9 Å². The Morgan fingerprint density at radius 3 is 2.20 bits per heavy atom. The number of carbonyl (C=O) groups is 2. The van der Waals surface area contributed by atoms with Gasteiger partial charge >= 0.3 is 5.97 Å². The molecule has 8 heteroatoms. The molecule has 7 rings (SSSR count). The fourth-order valence-corrected chi connectivity index (χ4v) is 8.33. The smallest absolute Gasteiger partial charge is 0.324 e. The lowest BCUT2D eigenvalue weighted by Gasteiger charge is -2.47. The van der Waals surface area contributed by atoms with E-state index < -0.39 is 47.3 Å². The van der Waals surface area contributed by atoms with Gasteiger partial charge in [-0.15, -0.1) is 0 Å². The predicted molar refractivity (Wildman–Crippen MR) is 174 cm³/mol. The van der Waals surface area contributed by atoms with Gasteiger partial charge in [-0.1, -0.05) is 123 Å². The minimum atomic E-state index is -1.37. The number of ether oxygens (including phenoxy) is 1. The Morgan fingerprint density at radius 2 is 1.53 bits per heavy atom. The monoisotopic (exact) mass is 642 g/mol. The van der Waals surface area contributed by atoms with Gasteiger partial charge in [-0.05, 0) is 52.3 Å². The van der Waals surface area contributed by atoms with Crippen LogP contribution in [0, 0.1) is 11.2 Å². The number of nitrogens with one attached hydrogen (secondary N) is 1. The van der Waals surface area contributed by atoms with E-state index in [2.05, 4.69) is 31.0 Å². The number of hydrogen-bond donors (Lipinski definition) is 1. The van der Waals surface area contributed by atoms with E-state index >= 15 is 4.39 Å². The van der Waals surface area contributed by atoms with Gasteiger partial charge in [-0.25, -0.2) is 4.39 Å². The lowest BCUT2D eigenvalue weighted by atomic mass is 9.62.